The van der Waals surface area contributed by atoms with E-state index >= 15 is 0 Å². The van der Waals surface area contributed by atoms with Crippen LogP contribution >= 0.6 is 0 Å². The number of aryl methyl sites for hydroxylation is 6. The van der Waals surface area contributed by atoms with Crippen LogP contribution in [0.5, 0.6) is 0 Å². The van der Waals surface area contributed by atoms with Crippen LogP contribution in [-0.2, 0) is 0 Å². The summed E-state index contributed by atoms with van der Waals surface area (Å²) in [5.74, 6) is 0. The number of rotatable bonds is 3. The van der Waals surface area contributed by atoms with Crippen LogP contribution in [0.3, 0.4) is 0 Å². The molecule has 1 heteroatoms. The molecule has 0 atom stereocenters. The molecule has 0 amide bonds. The van der Waals surface area contributed by atoms with Crippen molar-refractivity contribution in [1.29, 1.82) is 0 Å². The number of hydrogen-bond donors (Lipinski definition) is 0. The fourth-order valence-corrected chi connectivity index (χ4v) is 15.2. The molecule has 25 heavy (non-hydrogen) atoms. The third-order valence-electron chi connectivity index (χ3n) is 4.82. The first-order chi connectivity index (χ1) is 11.9. The molecule has 0 aromatic heterocycles. The molecular formula is C24H27Bi. The van der Waals surface area contributed by atoms with Crippen molar-refractivity contribution in [3.63, 3.8) is 0 Å². The molecule has 0 nitrogen and oxygen atoms in total. The van der Waals surface area contributed by atoms with Crippen molar-refractivity contribution in [3.05, 3.63) is 88.0 Å². The van der Waals surface area contributed by atoms with E-state index < -0.39 is 21.8 Å². The number of benzene rings is 3. The molecule has 0 spiro atoms. The van der Waals surface area contributed by atoms with E-state index in [4.69, 9.17) is 0 Å². The van der Waals surface area contributed by atoms with E-state index in [1.807, 2.05) is 0 Å². The third-order valence-corrected chi connectivity index (χ3v) is 16.1. The van der Waals surface area contributed by atoms with Gasteiger partial charge in [-0.1, -0.05) is 0 Å². The van der Waals surface area contributed by atoms with Gasteiger partial charge in [0.1, 0.15) is 0 Å². The van der Waals surface area contributed by atoms with Gasteiger partial charge < -0.3 is 0 Å². The number of hydrogen-bond acceptors (Lipinski definition) is 0. The molecule has 0 saturated carbocycles. The van der Waals surface area contributed by atoms with Crippen LogP contribution in [0.15, 0.2) is 54.6 Å². The monoisotopic (exact) mass is 524 g/mol. The summed E-state index contributed by atoms with van der Waals surface area (Å²) in [4.78, 5) is 0. The van der Waals surface area contributed by atoms with Gasteiger partial charge in [-0.2, -0.15) is 0 Å². The standard InChI is InChI=1S/3C8H9.Bi/c3*1-7-3-5-8(2)6-4-7;/h3*3-5H,1-2H3;. The second kappa shape index (κ2) is 7.42. The molecule has 0 aliphatic carbocycles. The first-order valence-electron chi connectivity index (χ1n) is 8.88. The Kier molecular flexibility index (Phi) is 5.44. The van der Waals surface area contributed by atoms with E-state index in [-0.39, 0.29) is 0 Å². The molecule has 3 aromatic rings. The minimum absolute atomic E-state index is 1.37. The molecule has 0 radical (unpaired) electrons. The van der Waals surface area contributed by atoms with Crippen LogP contribution in [0.2, 0.25) is 0 Å². The van der Waals surface area contributed by atoms with Crippen LogP contribution in [0.1, 0.15) is 33.4 Å². The van der Waals surface area contributed by atoms with Gasteiger partial charge >= 0.3 is 161 Å². The zero-order chi connectivity index (χ0) is 18.1. The maximum absolute atomic E-state index is 2.46. The normalized spacial score (nSPS) is 11.2. The van der Waals surface area contributed by atoms with Gasteiger partial charge in [0.05, 0.1) is 0 Å². The molecule has 128 valence electrons. The van der Waals surface area contributed by atoms with E-state index in [0.29, 0.717) is 0 Å². The molecule has 0 unspecified atom stereocenters. The van der Waals surface area contributed by atoms with Crippen molar-refractivity contribution in [3.8, 4) is 0 Å². The molecule has 0 heterocycles. The summed E-state index contributed by atoms with van der Waals surface area (Å²) in [5, 5.41) is 0. The predicted octanol–water partition coefficient (Wildman–Crippen LogP) is 4.05. The van der Waals surface area contributed by atoms with E-state index in [1.165, 1.54) is 33.4 Å². The average Bonchev–Trinajstić information content (AvgIpc) is 2.57. The Morgan fingerprint density at radius 3 is 1.00 bits per heavy atom. The molecule has 0 fully saturated rings. The van der Waals surface area contributed by atoms with Crippen LogP contribution < -0.4 is 9.81 Å². The Balaban J connectivity index is 2.34. The van der Waals surface area contributed by atoms with Crippen LogP contribution in [0.4, 0.5) is 0 Å². The maximum atomic E-state index is 2.46. The van der Waals surface area contributed by atoms with Crippen molar-refractivity contribution in [2.45, 2.75) is 41.5 Å². The van der Waals surface area contributed by atoms with E-state index in [2.05, 4.69) is 96.1 Å². The van der Waals surface area contributed by atoms with Gasteiger partial charge in [0.2, 0.25) is 0 Å². The summed E-state index contributed by atoms with van der Waals surface area (Å²) in [6.45, 7) is 13.5. The van der Waals surface area contributed by atoms with Crippen molar-refractivity contribution in [2.75, 3.05) is 0 Å². The summed E-state index contributed by atoms with van der Waals surface area (Å²) in [5.41, 5.74) is 8.46. The fraction of sp³-hybridized carbons (Fsp3) is 0.250. The zero-order valence-electron chi connectivity index (χ0n) is 16.1. The van der Waals surface area contributed by atoms with Crippen molar-refractivity contribution in [2.24, 2.45) is 0 Å². The Morgan fingerprint density at radius 2 is 0.720 bits per heavy atom. The molecule has 3 rings (SSSR count). The van der Waals surface area contributed by atoms with Crippen molar-refractivity contribution in [1.82, 2.24) is 0 Å². The van der Waals surface area contributed by atoms with Crippen LogP contribution in [-0.4, -0.2) is 21.8 Å². The Labute approximate surface area is 160 Å². The zero-order valence-corrected chi connectivity index (χ0v) is 19.6. The van der Waals surface area contributed by atoms with Gasteiger partial charge in [-0.05, 0) is 0 Å². The summed E-state index contributed by atoms with van der Waals surface area (Å²) in [6, 6.07) is 21.0. The summed E-state index contributed by atoms with van der Waals surface area (Å²) in [7, 11) is 0. The SMILES string of the molecule is Cc1ccc(C)[c]([Bi]([c]2cc(C)ccc2C)[c]2cc(C)ccc2C)c1. The Bertz CT molecular complexity index is 799. The molecular weight excluding hydrogens is 497 g/mol. The Hall–Kier alpha value is -1.46. The van der Waals surface area contributed by atoms with Gasteiger partial charge in [-0.25, -0.2) is 0 Å². The molecule has 0 bridgehead atoms. The molecule has 0 saturated heterocycles. The van der Waals surface area contributed by atoms with Gasteiger partial charge in [0, 0.05) is 0 Å². The van der Waals surface area contributed by atoms with Gasteiger partial charge in [0.15, 0.2) is 0 Å². The summed E-state index contributed by atoms with van der Waals surface area (Å²) in [6.07, 6.45) is 0. The van der Waals surface area contributed by atoms with Crippen LogP contribution in [0.25, 0.3) is 0 Å². The summed E-state index contributed by atoms with van der Waals surface area (Å²) < 4.78 is 4.87. The van der Waals surface area contributed by atoms with Crippen LogP contribution in [0, 0.1) is 41.5 Å². The predicted molar refractivity (Wildman–Crippen MR) is 112 cm³/mol. The molecule has 0 N–H and O–H groups in total. The third kappa shape index (κ3) is 3.88. The Morgan fingerprint density at radius 1 is 0.440 bits per heavy atom. The van der Waals surface area contributed by atoms with E-state index in [9.17, 15) is 0 Å². The first-order valence-corrected chi connectivity index (χ1v) is 14.1. The average molecular weight is 524 g/mol. The van der Waals surface area contributed by atoms with Crippen molar-refractivity contribution < 1.29 is 0 Å². The minimum atomic E-state index is -2.35. The summed E-state index contributed by atoms with van der Waals surface area (Å²) >= 11 is -2.35. The van der Waals surface area contributed by atoms with Crippen molar-refractivity contribution >= 4 is 31.6 Å². The fourth-order valence-electron chi connectivity index (χ4n) is 3.27. The second-order valence-electron chi connectivity index (χ2n) is 7.21. The molecule has 0 aliphatic heterocycles. The van der Waals surface area contributed by atoms with E-state index in [0.717, 1.165) is 0 Å². The quantitative estimate of drug-likeness (QED) is 0.454. The second-order valence-corrected chi connectivity index (χ2v) is 15.4. The van der Waals surface area contributed by atoms with Gasteiger partial charge in [0.25, 0.3) is 0 Å². The van der Waals surface area contributed by atoms with E-state index in [1.54, 1.807) is 9.81 Å². The molecule has 0 aliphatic rings. The topological polar surface area (TPSA) is 0 Å². The van der Waals surface area contributed by atoms with Gasteiger partial charge in [-0.15, -0.1) is 0 Å². The molecule has 3 aromatic carbocycles. The first kappa shape index (κ1) is 18.3. The van der Waals surface area contributed by atoms with Gasteiger partial charge in [-0.3, -0.25) is 0 Å².